The molecule has 0 atom stereocenters. The van der Waals surface area contributed by atoms with E-state index in [1.165, 1.54) is 0 Å². The maximum Gasteiger partial charge on any atom is 0.272 e. The Morgan fingerprint density at radius 2 is 1.22 bits per heavy atom. The third kappa shape index (κ3) is 4.29. The van der Waals surface area contributed by atoms with Crippen LogP contribution in [0.1, 0.15) is 22.3 Å². The van der Waals surface area contributed by atoms with Gasteiger partial charge in [0.05, 0.1) is 9.85 Å². The van der Waals surface area contributed by atoms with E-state index in [9.17, 15) is 20.2 Å². The van der Waals surface area contributed by atoms with Crippen LogP contribution < -0.4 is 0 Å². The normalized spacial score (nSPS) is 10.5. The van der Waals surface area contributed by atoms with Crippen LogP contribution in [-0.2, 0) is 11.5 Å². The monoisotopic (exact) mass is 332 g/mol. The van der Waals surface area contributed by atoms with E-state index >= 15 is 0 Å². The Bertz CT molecular complexity index is 698. The molecule has 2 aromatic carbocycles. The molecule has 0 saturated heterocycles. The van der Waals surface area contributed by atoms with Crippen LogP contribution in [0.4, 0.5) is 11.4 Å². The lowest BCUT2D eigenvalue weighted by molar-refractivity contribution is -0.385. The summed E-state index contributed by atoms with van der Waals surface area (Å²) in [4.78, 5) is 21.1. The van der Waals surface area contributed by atoms with E-state index in [4.69, 9.17) is 0 Å². The first-order valence-corrected chi connectivity index (χ1v) is 8.09. The number of hydrogen-bond donors (Lipinski definition) is 0. The Labute approximate surface area is 137 Å². The number of benzene rings is 2. The third-order valence-electron chi connectivity index (χ3n) is 3.48. The van der Waals surface area contributed by atoms with Crippen LogP contribution >= 0.6 is 11.8 Å². The fraction of sp³-hybridized carbons (Fsp3) is 0.250. The fourth-order valence-corrected chi connectivity index (χ4v) is 3.10. The Kier molecular flexibility index (Phi) is 5.33. The van der Waals surface area contributed by atoms with Gasteiger partial charge in [-0.2, -0.15) is 11.8 Å². The standard InChI is InChI=1S/C16H16N2O4S/c1-11-3-5-13(7-15(11)17(19)20)9-23-10-14-6-4-12(2)16(8-14)18(21)22/h3-8H,9-10H2,1-2H3. The van der Waals surface area contributed by atoms with Gasteiger partial charge in [0, 0.05) is 34.8 Å². The van der Waals surface area contributed by atoms with E-state index in [1.54, 1.807) is 49.9 Å². The van der Waals surface area contributed by atoms with Crippen molar-refractivity contribution in [3.63, 3.8) is 0 Å². The molecule has 120 valence electrons. The Morgan fingerprint density at radius 3 is 1.57 bits per heavy atom. The van der Waals surface area contributed by atoms with Crippen LogP contribution in [0.5, 0.6) is 0 Å². The Hall–Kier alpha value is -2.41. The minimum atomic E-state index is -0.382. The second kappa shape index (κ2) is 7.23. The van der Waals surface area contributed by atoms with Gasteiger partial charge in [-0.15, -0.1) is 0 Å². The van der Waals surface area contributed by atoms with Gasteiger partial charge in [-0.05, 0) is 25.0 Å². The molecule has 0 radical (unpaired) electrons. The molecule has 2 rings (SSSR count). The molecule has 0 aromatic heterocycles. The molecule has 0 N–H and O–H groups in total. The molecule has 0 aliphatic carbocycles. The number of aryl methyl sites for hydroxylation is 2. The predicted octanol–water partition coefficient (Wildman–Crippen LogP) is 4.55. The minimum absolute atomic E-state index is 0.120. The number of nitro groups is 2. The van der Waals surface area contributed by atoms with E-state index < -0.39 is 0 Å². The smallest absolute Gasteiger partial charge is 0.258 e. The molecule has 6 nitrogen and oxygen atoms in total. The van der Waals surface area contributed by atoms with Gasteiger partial charge in [0.1, 0.15) is 0 Å². The SMILES string of the molecule is Cc1ccc(CSCc2ccc(C)c([N+](=O)[O-])c2)cc1[N+](=O)[O-]. The van der Waals surface area contributed by atoms with Crippen LogP contribution in [0.3, 0.4) is 0 Å². The van der Waals surface area contributed by atoms with Crippen molar-refractivity contribution in [3.05, 3.63) is 78.9 Å². The summed E-state index contributed by atoms with van der Waals surface area (Å²) in [6, 6.07) is 10.4. The summed E-state index contributed by atoms with van der Waals surface area (Å²) >= 11 is 1.57. The number of rotatable bonds is 6. The molecular formula is C16H16N2O4S. The number of nitro benzene ring substituents is 2. The van der Waals surface area contributed by atoms with Crippen molar-refractivity contribution in [2.75, 3.05) is 0 Å². The van der Waals surface area contributed by atoms with Gasteiger partial charge >= 0.3 is 0 Å². The average molecular weight is 332 g/mol. The number of hydrogen-bond acceptors (Lipinski definition) is 5. The lowest BCUT2D eigenvalue weighted by Gasteiger charge is -2.05. The van der Waals surface area contributed by atoms with Crippen molar-refractivity contribution < 1.29 is 9.85 Å². The van der Waals surface area contributed by atoms with E-state index in [0.29, 0.717) is 22.6 Å². The highest BCUT2D eigenvalue weighted by Crippen LogP contribution is 2.26. The molecule has 0 fully saturated rings. The highest BCUT2D eigenvalue weighted by atomic mass is 32.2. The number of nitrogens with zero attached hydrogens (tertiary/aromatic N) is 2. The summed E-state index contributed by atoms with van der Waals surface area (Å²) in [5, 5.41) is 21.9. The number of thioether (sulfide) groups is 1. The van der Waals surface area contributed by atoms with Crippen molar-refractivity contribution in [3.8, 4) is 0 Å². The van der Waals surface area contributed by atoms with Crippen LogP contribution in [0, 0.1) is 34.1 Å². The molecule has 7 heteroatoms. The van der Waals surface area contributed by atoms with Crippen molar-refractivity contribution >= 4 is 23.1 Å². The van der Waals surface area contributed by atoms with E-state index in [0.717, 1.165) is 11.1 Å². The molecule has 23 heavy (non-hydrogen) atoms. The maximum atomic E-state index is 10.9. The van der Waals surface area contributed by atoms with Gasteiger partial charge in [0.15, 0.2) is 0 Å². The van der Waals surface area contributed by atoms with Crippen molar-refractivity contribution in [2.45, 2.75) is 25.4 Å². The van der Waals surface area contributed by atoms with Gasteiger partial charge in [0.2, 0.25) is 0 Å². The van der Waals surface area contributed by atoms with Gasteiger partial charge in [-0.25, -0.2) is 0 Å². The van der Waals surface area contributed by atoms with Crippen LogP contribution in [0.2, 0.25) is 0 Å². The molecule has 2 aromatic rings. The molecule has 0 aliphatic rings. The first kappa shape index (κ1) is 17.0. The third-order valence-corrected chi connectivity index (χ3v) is 4.55. The Balaban J connectivity index is 2.03. The maximum absolute atomic E-state index is 10.9. The topological polar surface area (TPSA) is 86.3 Å². The highest BCUT2D eigenvalue weighted by Gasteiger charge is 2.12. The molecule has 0 unspecified atom stereocenters. The zero-order chi connectivity index (χ0) is 17.0. The first-order chi connectivity index (χ1) is 10.9. The van der Waals surface area contributed by atoms with Gasteiger partial charge in [-0.3, -0.25) is 20.2 Å². The average Bonchev–Trinajstić information content (AvgIpc) is 2.50. The minimum Gasteiger partial charge on any atom is -0.258 e. The van der Waals surface area contributed by atoms with Gasteiger partial charge < -0.3 is 0 Å². The summed E-state index contributed by atoms with van der Waals surface area (Å²) in [6.07, 6.45) is 0. The second-order valence-electron chi connectivity index (χ2n) is 5.25. The molecule has 0 aliphatic heterocycles. The summed E-state index contributed by atoms with van der Waals surface area (Å²) in [7, 11) is 0. The van der Waals surface area contributed by atoms with Gasteiger partial charge in [0.25, 0.3) is 11.4 Å². The molecule has 0 bridgehead atoms. The van der Waals surface area contributed by atoms with Gasteiger partial charge in [-0.1, -0.05) is 24.3 Å². The quantitative estimate of drug-likeness (QED) is 0.572. The summed E-state index contributed by atoms with van der Waals surface area (Å²) in [5.41, 5.74) is 3.25. The molecular weight excluding hydrogens is 316 g/mol. The molecule has 0 spiro atoms. The van der Waals surface area contributed by atoms with Crippen molar-refractivity contribution in [1.82, 2.24) is 0 Å². The van der Waals surface area contributed by atoms with E-state index in [1.807, 2.05) is 12.1 Å². The van der Waals surface area contributed by atoms with Crippen LogP contribution in [0.15, 0.2) is 36.4 Å². The zero-order valence-corrected chi connectivity index (χ0v) is 13.6. The lowest BCUT2D eigenvalue weighted by Crippen LogP contribution is -1.94. The van der Waals surface area contributed by atoms with Crippen molar-refractivity contribution in [2.24, 2.45) is 0 Å². The zero-order valence-electron chi connectivity index (χ0n) is 12.8. The molecule has 0 heterocycles. The summed E-state index contributed by atoms with van der Waals surface area (Å²) in [6.45, 7) is 3.42. The van der Waals surface area contributed by atoms with Crippen LogP contribution in [-0.4, -0.2) is 9.85 Å². The van der Waals surface area contributed by atoms with E-state index in [-0.39, 0.29) is 21.2 Å². The second-order valence-corrected chi connectivity index (χ2v) is 6.23. The lowest BCUT2D eigenvalue weighted by atomic mass is 10.1. The Morgan fingerprint density at radius 1 is 0.826 bits per heavy atom. The molecule has 0 amide bonds. The molecule has 0 saturated carbocycles. The first-order valence-electron chi connectivity index (χ1n) is 6.94. The van der Waals surface area contributed by atoms with Crippen molar-refractivity contribution in [1.29, 1.82) is 0 Å². The largest absolute Gasteiger partial charge is 0.272 e. The van der Waals surface area contributed by atoms with Crippen LogP contribution in [0.25, 0.3) is 0 Å². The summed E-state index contributed by atoms with van der Waals surface area (Å²) in [5.74, 6) is 1.23. The highest BCUT2D eigenvalue weighted by molar-refractivity contribution is 7.97. The fourth-order valence-electron chi connectivity index (χ4n) is 2.17. The summed E-state index contributed by atoms with van der Waals surface area (Å²) < 4.78 is 0. The predicted molar refractivity (Wildman–Crippen MR) is 90.7 cm³/mol. The van der Waals surface area contributed by atoms with E-state index in [2.05, 4.69) is 0 Å².